The van der Waals surface area contributed by atoms with Gasteiger partial charge in [-0.05, 0) is 36.4 Å². The number of H-pyrrole nitrogens is 1. The first kappa shape index (κ1) is 23.9. The van der Waals surface area contributed by atoms with Gasteiger partial charge in [-0.25, -0.2) is 13.1 Å². The molecule has 0 spiro atoms. The Morgan fingerprint density at radius 2 is 1.67 bits per heavy atom. The van der Waals surface area contributed by atoms with Gasteiger partial charge in [0.2, 0.25) is 21.4 Å². The minimum absolute atomic E-state index is 0.146. The molecule has 1 heterocycles. The number of rotatable bonds is 7. The van der Waals surface area contributed by atoms with Crippen LogP contribution in [-0.4, -0.2) is 44.5 Å². The Kier molecular flexibility index (Phi) is 6.84. The van der Waals surface area contributed by atoms with E-state index in [0.29, 0.717) is 10.9 Å². The lowest BCUT2D eigenvalue weighted by Gasteiger charge is -2.10. The van der Waals surface area contributed by atoms with Crippen molar-refractivity contribution in [1.29, 1.82) is 0 Å². The molecule has 2 aromatic carbocycles. The number of nitrogens with one attached hydrogen (secondary N) is 4. The summed E-state index contributed by atoms with van der Waals surface area (Å²) in [4.78, 5) is 39.2. The number of anilines is 1. The third kappa shape index (κ3) is 6.17. The van der Waals surface area contributed by atoms with Crippen molar-refractivity contribution in [2.24, 2.45) is 0 Å². The Morgan fingerprint density at radius 1 is 1.00 bits per heavy atom. The van der Waals surface area contributed by atoms with Crippen molar-refractivity contribution >= 4 is 38.4 Å². The molecule has 0 bridgehead atoms. The highest BCUT2D eigenvalue weighted by atomic mass is 32.2. The molecule has 0 aliphatic rings. The number of aromatic nitrogens is 1. The Balaban J connectivity index is 1.58. The number of hydrogen-bond donors (Lipinski definition) is 4. The van der Waals surface area contributed by atoms with E-state index in [1.807, 2.05) is 0 Å². The van der Waals surface area contributed by atoms with Gasteiger partial charge in [-0.1, -0.05) is 12.1 Å². The van der Waals surface area contributed by atoms with E-state index < -0.39 is 51.4 Å². The van der Waals surface area contributed by atoms with Crippen molar-refractivity contribution in [2.45, 2.75) is 11.1 Å². The van der Waals surface area contributed by atoms with E-state index in [1.54, 1.807) is 24.3 Å². The number of hydrogen-bond acceptors (Lipinski definition) is 5. The molecular formula is C20H17F3N4O5S. The Hall–Kier alpha value is -3.71. The van der Waals surface area contributed by atoms with Crippen molar-refractivity contribution in [3.8, 4) is 0 Å². The zero-order chi connectivity index (χ0) is 24.2. The minimum Gasteiger partial charge on any atom is -0.360 e. The summed E-state index contributed by atoms with van der Waals surface area (Å²) in [6.45, 7) is -2.20. The van der Waals surface area contributed by atoms with Crippen LogP contribution in [0.5, 0.6) is 0 Å². The lowest BCUT2D eigenvalue weighted by molar-refractivity contribution is -0.121. The fourth-order valence-electron chi connectivity index (χ4n) is 2.77. The highest BCUT2D eigenvalue weighted by molar-refractivity contribution is 7.89. The summed E-state index contributed by atoms with van der Waals surface area (Å²) < 4.78 is 61.8. The largest absolute Gasteiger partial charge is 0.402 e. The average Bonchev–Trinajstić information content (AvgIpc) is 2.76. The molecule has 3 rings (SSSR count). The predicted octanol–water partition coefficient (Wildman–Crippen LogP) is 1.74. The van der Waals surface area contributed by atoms with Crippen molar-refractivity contribution in [3.05, 3.63) is 70.5 Å². The van der Waals surface area contributed by atoms with Crippen LogP contribution < -0.4 is 20.8 Å². The number of carbonyl (C=O) groups is 2. The summed E-state index contributed by atoms with van der Waals surface area (Å²) in [6, 6.07) is 11.0. The van der Waals surface area contributed by atoms with Crippen LogP contribution >= 0.6 is 0 Å². The molecule has 0 saturated heterocycles. The van der Waals surface area contributed by atoms with E-state index in [2.05, 4.69) is 15.6 Å². The number of aromatic amines is 1. The topological polar surface area (TPSA) is 137 Å². The molecule has 0 fully saturated rings. The van der Waals surface area contributed by atoms with Crippen molar-refractivity contribution in [3.63, 3.8) is 0 Å². The number of sulfonamides is 1. The predicted molar refractivity (Wildman–Crippen MR) is 113 cm³/mol. The van der Waals surface area contributed by atoms with E-state index in [9.17, 15) is 36.0 Å². The molecule has 0 aliphatic heterocycles. The number of pyridine rings is 1. The highest BCUT2D eigenvalue weighted by Crippen LogP contribution is 2.17. The number of carbonyl (C=O) groups excluding carboxylic acids is 2. The van der Waals surface area contributed by atoms with Gasteiger partial charge in [0.25, 0.3) is 5.91 Å². The Morgan fingerprint density at radius 3 is 2.33 bits per heavy atom. The van der Waals surface area contributed by atoms with Gasteiger partial charge in [-0.2, -0.15) is 13.2 Å². The van der Waals surface area contributed by atoms with Gasteiger partial charge in [0.1, 0.15) is 12.1 Å². The summed E-state index contributed by atoms with van der Waals surface area (Å²) in [6.07, 6.45) is -3.47. The van der Waals surface area contributed by atoms with E-state index in [4.69, 9.17) is 0 Å². The molecule has 0 radical (unpaired) electrons. The molecule has 0 atom stereocenters. The molecule has 1 aromatic heterocycles. The number of amides is 2. The van der Waals surface area contributed by atoms with E-state index in [0.717, 1.165) is 12.1 Å². The Labute approximate surface area is 185 Å². The van der Waals surface area contributed by atoms with Gasteiger partial charge < -0.3 is 15.6 Å². The summed E-state index contributed by atoms with van der Waals surface area (Å²) in [5.41, 5.74) is 0.0176. The molecule has 0 saturated carbocycles. The minimum atomic E-state index is -4.71. The molecule has 13 heteroatoms. The van der Waals surface area contributed by atoms with E-state index in [1.165, 1.54) is 23.1 Å². The van der Waals surface area contributed by atoms with Crippen LogP contribution in [0.1, 0.15) is 10.4 Å². The second kappa shape index (κ2) is 9.42. The van der Waals surface area contributed by atoms with Crippen molar-refractivity contribution in [2.75, 3.05) is 18.4 Å². The maximum absolute atomic E-state index is 12.4. The fraction of sp³-hybridized carbons (Fsp3) is 0.150. The summed E-state index contributed by atoms with van der Waals surface area (Å²) >= 11 is 0. The van der Waals surface area contributed by atoms with Crippen LogP contribution in [0, 0.1) is 0 Å². The van der Waals surface area contributed by atoms with E-state index >= 15 is 0 Å². The number of fused-ring (bicyclic) bond motifs is 1. The first-order valence-corrected chi connectivity index (χ1v) is 10.8. The average molecular weight is 482 g/mol. The molecule has 3 aromatic rings. The fourth-order valence-corrected chi connectivity index (χ4v) is 3.79. The monoisotopic (exact) mass is 482 g/mol. The van der Waals surface area contributed by atoms with Crippen molar-refractivity contribution in [1.82, 2.24) is 15.0 Å². The summed E-state index contributed by atoms with van der Waals surface area (Å²) in [7, 11) is -4.38. The number of benzene rings is 2. The van der Waals surface area contributed by atoms with E-state index in [-0.39, 0.29) is 11.3 Å². The second-order valence-electron chi connectivity index (χ2n) is 6.77. The molecule has 4 N–H and O–H groups in total. The molecule has 2 amide bonds. The number of halogens is 3. The first-order valence-electron chi connectivity index (χ1n) is 9.31. The van der Waals surface area contributed by atoms with Crippen LogP contribution in [-0.2, 0) is 14.8 Å². The van der Waals surface area contributed by atoms with Gasteiger partial charge in [-0.15, -0.1) is 0 Å². The second-order valence-corrected chi connectivity index (χ2v) is 8.54. The molecule has 174 valence electrons. The van der Waals surface area contributed by atoms with Gasteiger partial charge in [0.15, 0.2) is 0 Å². The van der Waals surface area contributed by atoms with Crippen LogP contribution in [0.15, 0.2) is 64.4 Å². The summed E-state index contributed by atoms with van der Waals surface area (Å²) in [5.74, 6) is -1.44. The zero-order valence-corrected chi connectivity index (χ0v) is 17.5. The Bertz CT molecular complexity index is 1350. The van der Waals surface area contributed by atoms with Gasteiger partial charge in [-0.3, -0.25) is 14.4 Å². The van der Waals surface area contributed by atoms with Crippen LogP contribution in [0.25, 0.3) is 10.9 Å². The molecule has 0 aliphatic carbocycles. The normalized spacial score (nSPS) is 11.8. The quantitative estimate of drug-likeness (QED) is 0.407. The molecule has 33 heavy (non-hydrogen) atoms. The third-order valence-corrected chi connectivity index (χ3v) is 5.77. The lowest BCUT2D eigenvalue weighted by atomic mass is 10.1. The SMILES string of the molecule is O=C(CNC(=O)c1c[nH]c2ccccc2c1=O)Nc1ccc(S(=O)(=O)NCC(F)(F)F)cc1. The van der Waals surface area contributed by atoms with Crippen LogP contribution in [0.3, 0.4) is 0 Å². The van der Waals surface area contributed by atoms with Crippen molar-refractivity contribution < 1.29 is 31.2 Å². The highest BCUT2D eigenvalue weighted by Gasteiger charge is 2.30. The van der Waals surface area contributed by atoms with Gasteiger partial charge >= 0.3 is 6.18 Å². The zero-order valence-electron chi connectivity index (χ0n) is 16.7. The van der Waals surface area contributed by atoms with Crippen LogP contribution in [0.4, 0.5) is 18.9 Å². The standard InChI is InChI=1S/C20H17F3N4O5S/c21-20(22,23)11-26-33(31,32)13-7-5-12(6-8-13)27-17(28)10-25-19(30)15-9-24-16-4-2-1-3-14(16)18(15)29/h1-9,26H,10-11H2,(H,24,29)(H,25,30)(H,27,28). The smallest absolute Gasteiger partial charge is 0.360 e. The van der Waals surface area contributed by atoms with Gasteiger partial charge in [0, 0.05) is 22.8 Å². The van der Waals surface area contributed by atoms with Gasteiger partial charge in [0.05, 0.1) is 11.4 Å². The molecular weight excluding hydrogens is 465 g/mol. The molecule has 9 nitrogen and oxygen atoms in total. The third-order valence-electron chi connectivity index (χ3n) is 4.35. The number of alkyl halides is 3. The summed E-state index contributed by atoms with van der Waals surface area (Å²) in [5, 5.41) is 5.01. The maximum Gasteiger partial charge on any atom is 0.402 e. The molecule has 0 unspecified atom stereocenters. The van der Waals surface area contributed by atoms with Crippen LogP contribution in [0.2, 0.25) is 0 Å². The maximum atomic E-state index is 12.4. The lowest BCUT2D eigenvalue weighted by Crippen LogP contribution is -2.35. The first-order chi connectivity index (χ1) is 15.5. The number of para-hydroxylation sites is 1.